The summed E-state index contributed by atoms with van der Waals surface area (Å²) in [6, 6.07) is 5.15. The number of nitrogens with zero attached hydrogens (tertiary/aromatic N) is 3. The van der Waals surface area contributed by atoms with Crippen molar-refractivity contribution in [3.05, 3.63) is 57.6 Å². The standard InChI is InChI=1S/C15H14BrN3O2/c16-12-7-10(15(20)21)1-2-11(12)8-19-6-3-13-14(9-19)18-5-4-17-13/h1-2,4-5,7H,3,6,8-9H2,(H,20,21). The summed E-state index contributed by atoms with van der Waals surface area (Å²) in [4.78, 5) is 22.0. The van der Waals surface area contributed by atoms with Gasteiger partial charge in [-0.1, -0.05) is 22.0 Å². The molecule has 0 saturated heterocycles. The zero-order valence-electron chi connectivity index (χ0n) is 11.3. The molecule has 0 fully saturated rings. The van der Waals surface area contributed by atoms with Gasteiger partial charge in [0.25, 0.3) is 0 Å². The van der Waals surface area contributed by atoms with Crippen LogP contribution in [0.5, 0.6) is 0 Å². The Morgan fingerprint density at radius 3 is 2.76 bits per heavy atom. The smallest absolute Gasteiger partial charge is 0.335 e. The monoisotopic (exact) mass is 347 g/mol. The molecule has 0 unspecified atom stereocenters. The molecule has 0 saturated carbocycles. The Morgan fingerprint density at radius 1 is 1.29 bits per heavy atom. The molecule has 3 rings (SSSR count). The predicted molar refractivity (Wildman–Crippen MR) is 81.0 cm³/mol. The number of aromatic nitrogens is 2. The second kappa shape index (κ2) is 5.91. The largest absolute Gasteiger partial charge is 0.478 e. The molecule has 5 nitrogen and oxygen atoms in total. The van der Waals surface area contributed by atoms with Crippen LogP contribution in [0.25, 0.3) is 0 Å². The normalized spacial score (nSPS) is 14.7. The van der Waals surface area contributed by atoms with E-state index < -0.39 is 5.97 Å². The number of carboxylic acids is 1. The lowest BCUT2D eigenvalue weighted by atomic mass is 10.1. The molecule has 108 valence electrons. The van der Waals surface area contributed by atoms with Crippen LogP contribution in [0, 0.1) is 0 Å². The molecule has 1 aliphatic rings. The summed E-state index contributed by atoms with van der Waals surface area (Å²) in [6.07, 6.45) is 4.35. The summed E-state index contributed by atoms with van der Waals surface area (Å²) in [7, 11) is 0. The molecule has 2 heterocycles. The Hall–Kier alpha value is -1.79. The average Bonchev–Trinajstić information content (AvgIpc) is 2.49. The van der Waals surface area contributed by atoms with E-state index in [1.54, 1.807) is 24.5 Å². The lowest BCUT2D eigenvalue weighted by molar-refractivity contribution is 0.0697. The van der Waals surface area contributed by atoms with E-state index in [2.05, 4.69) is 30.8 Å². The zero-order valence-corrected chi connectivity index (χ0v) is 12.9. The lowest BCUT2D eigenvalue weighted by Crippen LogP contribution is -2.31. The highest BCUT2D eigenvalue weighted by Crippen LogP contribution is 2.23. The van der Waals surface area contributed by atoms with E-state index in [-0.39, 0.29) is 0 Å². The minimum atomic E-state index is -0.913. The van der Waals surface area contributed by atoms with Gasteiger partial charge in [-0.15, -0.1) is 0 Å². The molecule has 1 aliphatic heterocycles. The number of hydrogen-bond donors (Lipinski definition) is 1. The maximum atomic E-state index is 10.9. The van der Waals surface area contributed by atoms with Gasteiger partial charge < -0.3 is 5.11 Å². The first-order chi connectivity index (χ1) is 10.1. The third-order valence-electron chi connectivity index (χ3n) is 3.59. The van der Waals surface area contributed by atoms with E-state index in [4.69, 9.17) is 5.11 Å². The van der Waals surface area contributed by atoms with Crippen molar-refractivity contribution in [1.29, 1.82) is 0 Å². The van der Waals surface area contributed by atoms with E-state index in [0.29, 0.717) is 5.56 Å². The van der Waals surface area contributed by atoms with Crippen LogP contribution in [0.2, 0.25) is 0 Å². The fourth-order valence-electron chi connectivity index (χ4n) is 2.48. The summed E-state index contributed by atoms with van der Waals surface area (Å²) in [5.41, 5.74) is 3.48. The zero-order chi connectivity index (χ0) is 14.8. The lowest BCUT2D eigenvalue weighted by Gasteiger charge is -2.27. The first-order valence-electron chi connectivity index (χ1n) is 6.66. The highest BCUT2D eigenvalue weighted by atomic mass is 79.9. The third-order valence-corrected chi connectivity index (χ3v) is 4.33. The van der Waals surface area contributed by atoms with Crippen molar-refractivity contribution < 1.29 is 9.90 Å². The molecule has 1 aromatic heterocycles. The van der Waals surface area contributed by atoms with Crippen molar-refractivity contribution in [2.45, 2.75) is 19.5 Å². The summed E-state index contributed by atoms with van der Waals surface area (Å²) in [6.45, 7) is 2.46. The molecule has 1 aromatic carbocycles. The quantitative estimate of drug-likeness (QED) is 0.923. The van der Waals surface area contributed by atoms with Crippen LogP contribution in [0.4, 0.5) is 0 Å². The van der Waals surface area contributed by atoms with E-state index >= 15 is 0 Å². The van der Waals surface area contributed by atoms with Crippen LogP contribution in [-0.2, 0) is 19.5 Å². The fourth-order valence-corrected chi connectivity index (χ4v) is 2.98. The number of fused-ring (bicyclic) bond motifs is 1. The maximum Gasteiger partial charge on any atom is 0.335 e. The molecule has 6 heteroatoms. The molecule has 1 N–H and O–H groups in total. The minimum Gasteiger partial charge on any atom is -0.478 e. The van der Waals surface area contributed by atoms with Gasteiger partial charge in [-0.05, 0) is 17.7 Å². The van der Waals surface area contributed by atoms with E-state index in [1.165, 1.54) is 0 Å². The van der Waals surface area contributed by atoms with Crippen LogP contribution in [0.15, 0.2) is 35.1 Å². The highest BCUT2D eigenvalue weighted by molar-refractivity contribution is 9.10. The molecule has 21 heavy (non-hydrogen) atoms. The van der Waals surface area contributed by atoms with Crippen molar-refractivity contribution in [1.82, 2.24) is 14.9 Å². The number of halogens is 1. The molecule has 0 atom stereocenters. The molecule has 0 radical (unpaired) electrons. The van der Waals surface area contributed by atoms with Crippen LogP contribution in [0.3, 0.4) is 0 Å². The van der Waals surface area contributed by atoms with Crippen molar-refractivity contribution in [3.63, 3.8) is 0 Å². The highest BCUT2D eigenvalue weighted by Gasteiger charge is 2.19. The predicted octanol–water partition coefficient (Wildman–Crippen LogP) is 2.50. The Kier molecular flexibility index (Phi) is 3.98. The van der Waals surface area contributed by atoms with E-state index in [9.17, 15) is 4.79 Å². The summed E-state index contributed by atoms with van der Waals surface area (Å²) < 4.78 is 0.826. The molecule has 0 aliphatic carbocycles. The van der Waals surface area contributed by atoms with Crippen LogP contribution in [0.1, 0.15) is 27.3 Å². The van der Waals surface area contributed by atoms with Gasteiger partial charge in [0.2, 0.25) is 0 Å². The topological polar surface area (TPSA) is 66.3 Å². The van der Waals surface area contributed by atoms with Crippen molar-refractivity contribution >= 4 is 21.9 Å². The van der Waals surface area contributed by atoms with Gasteiger partial charge in [-0.25, -0.2) is 4.79 Å². The van der Waals surface area contributed by atoms with Gasteiger partial charge in [0.15, 0.2) is 0 Å². The number of rotatable bonds is 3. The first kappa shape index (κ1) is 14.2. The molecular formula is C15H14BrN3O2. The SMILES string of the molecule is O=C(O)c1ccc(CN2CCc3nccnc3C2)c(Br)c1. The first-order valence-corrected chi connectivity index (χ1v) is 7.45. The second-order valence-corrected chi connectivity index (χ2v) is 5.88. The van der Waals surface area contributed by atoms with E-state index in [0.717, 1.165) is 47.5 Å². The Bertz CT molecular complexity index is 690. The summed E-state index contributed by atoms with van der Waals surface area (Å²) in [5, 5.41) is 8.98. The van der Waals surface area contributed by atoms with E-state index in [1.807, 2.05) is 6.07 Å². The Morgan fingerprint density at radius 2 is 2.05 bits per heavy atom. The van der Waals surface area contributed by atoms with Gasteiger partial charge in [0.05, 0.1) is 17.0 Å². The molecular weight excluding hydrogens is 334 g/mol. The molecule has 0 spiro atoms. The summed E-state index contributed by atoms with van der Waals surface area (Å²) >= 11 is 3.46. The van der Waals surface area contributed by atoms with Gasteiger partial charge in [-0.2, -0.15) is 0 Å². The Labute approximate surface area is 130 Å². The van der Waals surface area contributed by atoms with Gasteiger partial charge in [0.1, 0.15) is 0 Å². The van der Waals surface area contributed by atoms with Gasteiger partial charge >= 0.3 is 5.97 Å². The second-order valence-electron chi connectivity index (χ2n) is 5.02. The van der Waals surface area contributed by atoms with Gasteiger partial charge in [0, 0.05) is 42.9 Å². The minimum absolute atomic E-state index is 0.292. The summed E-state index contributed by atoms with van der Waals surface area (Å²) in [5.74, 6) is -0.913. The number of benzene rings is 1. The maximum absolute atomic E-state index is 10.9. The molecule has 0 amide bonds. The van der Waals surface area contributed by atoms with Crippen molar-refractivity contribution in [2.24, 2.45) is 0 Å². The van der Waals surface area contributed by atoms with Crippen molar-refractivity contribution in [3.8, 4) is 0 Å². The van der Waals surface area contributed by atoms with Gasteiger partial charge in [-0.3, -0.25) is 14.9 Å². The average molecular weight is 348 g/mol. The van der Waals surface area contributed by atoms with Crippen LogP contribution in [-0.4, -0.2) is 32.5 Å². The van der Waals surface area contributed by atoms with Crippen LogP contribution < -0.4 is 0 Å². The van der Waals surface area contributed by atoms with Crippen molar-refractivity contribution in [2.75, 3.05) is 6.54 Å². The number of aromatic carboxylic acids is 1. The third kappa shape index (κ3) is 3.11. The number of hydrogen-bond acceptors (Lipinski definition) is 4. The number of carboxylic acid groups (broad SMARTS) is 1. The number of carbonyl (C=O) groups is 1. The van der Waals surface area contributed by atoms with Crippen LogP contribution >= 0.6 is 15.9 Å². The molecule has 0 bridgehead atoms. The fraction of sp³-hybridized carbons (Fsp3) is 0.267. The molecule has 2 aromatic rings. The Balaban J connectivity index is 1.75.